The maximum absolute atomic E-state index is 4.52. The Morgan fingerprint density at radius 2 is 2.06 bits per heavy atom. The van der Waals surface area contributed by atoms with Crippen LogP contribution >= 0.6 is 0 Å². The van der Waals surface area contributed by atoms with Crippen molar-refractivity contribution in [1.82, 2.24) is 20.1 Å². The molecule has 0 radical (unpaired) electrons. The van der Waals surface area contributed by atoms with Gasteiger partial charge >= 0.3 is 0 Å². The van der Waals surface area contributed by atoms with Crippen LogP contribution in [-0.2, 0) is 13.5 Å². The molecule has 1 atom stereocenters. The molecule has 2 rings (SSSR count). The van der Waals surface area contributed by atoms with Gasteiger partial charge in [0, 0.05) is 25.1 Å². The summed E-state index contributed by atoms with van der Waals surface area (Å²) < 4.78 is 1.91. The van der Waals surface area contributed by atoms with Crippen molar-refractivity contribution in [2.24, 2.45) is 7.05 Å². The SMILES string of the molecule is CNC(Cc1ccncc1)c1cc(C)n(C)n1. The summed E-state index contributed by atoms with van der Waals surface area (Å²) in [4.78, 5) is 4.03. The van der Waals surface area contributed by atoms with Crippen molar-refractivity contribution >= 4 is 0 Å². The third-order valence-corrected chi connectivity index (χ3v) is 3.03. The van der Waals surface area contributed by atoms with Gasteiger partial charge in [0.2, 0.25) is 0 Å². The summed E-state index contributed by atoms with van der Waals surface area (Å²) in [5.74, 6) is 0. The first-order chi connectivity index (χ1) is 8.20. The second kappa shape index (κ2) is 5.10. The third-order valence-electron chi connectivity index (χ3n) is 3.03. The lowest BCUT2D eigenvalue weighted by molar-refractivity contribution is 0.562. The molecule has 0 fully saturated rings. The third kappa shape index (κ3) is 2.71. The van der Waals surface area contributed by atoms with Crippen molar-refractivity contribution in [2.45, 2.75) is 19.4 Å². The molecule has 0 bridgehead atoms. The van der Waals surface area contributed by atoms with Crippen molar-refractivity contribution in [3.63, 3.8) is 0 Å². The number of aryl methyl sites for hydroxylation is 2. The molecule has 0 amide bonds. The zero-order chi connectivity index (χ0) is 12.3. The van der Waals surface area contributed by atoms with E-state index < -0.39 is 0 Å². The van der Waals surface area contributed by atoms with E-state index in [2.05, 4.69) is 28.4 Å². The Kier molecular flexibility index (Phi) is 3.54. The van der Waals surface area contributed by atoms with Crippen LogP contribution in [0.4, 0.5) is 0 Å². The highest BCUT2D eigenvalue weighted by atomic mass is 15.3. The van der Waals surface area contributed by atoms with Gasteiger partial charge in [-0.25, -0.2) is 0 Å². The van der Waals surface area contributed by atoms with Crippen LogP contribution < -0.4 is 5.32 Å². The lowest BCUT2D eigenvalue weighted by Gasteiger charge is -2.13. The Hall–Kier alpha value is -1.68. The van der Waals surface area contributed by atoms with Crippen molar-refractivity contribution < 1.29 is 0 Å². The maximum atomic E-state index is 4.52. The highest BCUT2D eigenvalue weighted by Gasteiger charge is 2.13. The minimum Gasteiger partial charge on any atom is -0.311 e. The highest BCUT2D eigenvalue weighted by molar-refractivity contribution is 5.18. The maximum Gasteiger partial charge on any atom is 0.0799 e. The van der Waals surface area contributed by atoms with E-state index >= 15 is 0 Å². The van der Waals surface area contributed by atoms with Crippen LogP contribution in [0.3, 0.4) is 0 Å². The van der Waals surface area contributed by atoms with Crippen LogP contribution in [0.25, 0.3) is 0 Å². The number of nitrogens with one attached hydrogen (secondary N) is 1. The second-order valence-corrected chi connectivity index (χ2v) is 4.24. The first kappa shape index (κ1) is 11.8. The molecule has 0 aliphatic heterocycles. The number of rotatable bonds is 4. The van der Waals surface area contributed by atoms with E-state index in [1.165, 1.54) is 11.3 Å². The van der Waals surface area contributed by atoms with E-state index in [0.717, 1.165) is 12.1 Å². The molecular formula is C13H18N4. The molecule has 0 spiro atoms. The van der Waals surface area contributed by atoms with Crippen LogP contribution in [0, 0.1) is 6.92 Å². The quantitative estimate of drug-likeness (QED) is 0.868. The first-order valence-electron chi connectivity index (χ1n) is 5.77. The molecule has 2 aromatic heterocycles. The molecule has 17 heavy (non-hydrogen) atoms. The zero-order valence-corrected chi connectivity index (χ0v) is 10.5. The van der Waals surface area contributed by atoms with Crippen LogP contribution in [0.15, 0.2) is 30.6 Å². The fourth-order valence-electron chi connectivity index (χ4n) is 1.87. The van der Waals surface area contributed by atoms with E-state index in [9.17, 15) is 0 Å². The molecule has 0 aliphatic rings. The number of pyridine rings is 1. The van der Waals surface area contributed by atoms with E-state index in [0.29, 0.717) is 0 Å². The molecule has 2 aromatic rings. The number of hydrogen-bond acceptors (Lipinski definition) is 3. The Labute approximate surface area is 102 Å². The zero-order valence-electron chi connectivity index (χ0n) is 10.5. The summed E-state index contributed by atoms with van der Waals surface area (Å²) in [6.45, 7) is 2.07. The average molecular weight is 230 g/mol. The largest absolute Gasteiger partial charge is 0.311 e. The molecule has 0 saturated carbocycles. The number of hydrogen-bond donors (Lipinski definition) is 1. The first-order valence-corrected chi connectivity index (χ1v) is 5.77. The predicted octanol–water partition coefficient (Wildman–Crippen LogP) is 1.63. The Morgan fingerprint density at radius 3 is 2.59 bits per heavy atom. The van der Waals surface area contributed by atoms with Gasteiger partial charge in [-0.3, -0.25) is 9.67 Å². The van der Waals surface area contributed by atoms with Gasteiger partial charge in [0.05, 0.1) is 11.7 Å². The normalized spacial score (nSPS) is 12.6. The van der Waals surface area contributed by atoms with Crippen LogP contribution in [0.1, 0.15) is 23.0 Å². The number of likely N-dealkylation sites (N-methyl/N-ethyl adjacent to an activating group) is 1. The fraction of sp³-hybridized carbons (Fsp3) is 0.385. The molecule has 0 saturated heterocycles. The van der Waals surface area contributed by atoms with Gasteiger partial charge in [-0.2, -0.15) is 5.10 Å². The van der Waals surface area contributed by atoms with Gasteiger partial charge < -0.3 is 5.32 Å². The summed E-state index contributed by atoms with van der Waals surface area (Å²) >= 11 is 0. The van der Waals surface area contributed by atoms with Gasteiger partial charge in [-0.05, 0) is 44.2 Å². The molecule has 4 heteroatoms. The molecule has 4 nitrogen and oxygen atoms in total. The minimum atomic E-state index is 0.248. The van der Waals surface area contributed by atoms with Crippen LogP contribution in [-0.4, -0.2) is 21.8 Å². The van der Waals surface area contributed by atoms with E-state index in [1.807, 2.05) is 43.3 Å². The molecule has 90 valence electrons. The van der Waals surface area contributed by atoms with Gasteiger partial charge in [0.15, 0.2) is 0 Å². The number of nitrogens with zero attached hydrogens (tertiary/aromatic N) is 3. The fourth-order valence-corrected chi connectivity index (χ4v) is 1.87. The van der Waals surface area contributed by atoms with Crippen LogP contribution in [0.5, 0.6) is 0 Å². The Balaban J connectivity index is 2.17. The average Bonchev–Trinajstić information content (AvgIpc) is 2.68. The van der Waals surface area contributed by atoms with Gasteiger partial charge in [-0.15, -0.1) is 0 Å². The summed E-state index contributed by atoms with van der Waals surface area (Å²) in [6, 6.07) is 6.46. The predicted molar refractivity (Wildman–Crippen MR) is 67.7 cm³/mol. The number of aromatic nitrogens is 3. The molecule has 0 aliphatic carbocycles. The van der Waals surface area contributed by atoms with Crippen LogP contribution in [0.2, 0.25) is 0 Å². The van der Waals surface area contributed by atoms with Gasteiger partial charge in [0.1, 0.15) is 0 Å². The molecule has 1 N–H and O–H groups in total. The van der Waals surface area contributed by atoms with Crippen molar-refractivity contribution in [2.75, 3.05) is 7.05 Å². The Morgan fingerprint density at radius 1 is 1.35 bits per heavy atom. The molecular weight excluding hydrogens is 212 g/mol. The minimum absolute atomic E-state index is 0.248. The van der Waals surface area contributed by atoms with Crippen molar-refractivity contribution in [3.05, 3.63) is 47.5 Å². The summed E-state index contributed by atoms with van der Waals surface area (Å²) in [7, 11) is 3.94. The van der Waals surface area contributed by atoms with E-state index in [-0.39, 0.29) is 6.04 Å². The summed E-state index contributed by atoms with van der Waals surface area (Å²) in [6.07, 6.45) is 4.58. The van der Waals surface area contributed by atoms with Gasteiger partial charge in [-0.1, -0.05) is 0 Å². The monoisotopic (exact) mass is 230 g/mol. The lowest BCUT2D eigenvalue weighted by atomic mass is 10.0. The van der Waals surface area contributed by atoms with Gasteiger partial charge in [0.25, 0.3) is 0 Å². The smallest absolute Gasteiger partial charge is 0.0799 e. The molecule has 2 heterocycles. The van der Waals surface area contributed by atoms with Crippen molar-refractivity contribution in [3.8, 4) is 0 Å². The molecule has 0 aromatic carbocycles. The second-order valence-electron chi connectivity index (χ2n) is 4.24. The van der Waals surface area contributed by atoms with E-state index in [4.69, 9.17) is 0 Å². The highest BCUT2D eigenvalue weighted by Crippen LogP contribution is 2.17. The summed E-state index contributed by atoms with van der Waals surface area (Å²) in [5, 5.41) is 7.83. The summed E-state index contributed by atoms with van der Waals surface area (Å²) in [5.41, 5.74) is 3.53. The van der Waals surface area contributed by atoms with Crippen molar-refractivity contribution in [1.29, 1.82) is 0 Å². The standard InChI is InChI=1S/C13H18N4/c1-10-8-13(16-17(10)3)12(14-2)9-11-4-6-15-7-5-11/h4-8,12,14H,9H2,1-3H3. The Bertz CT molecular complexity index is 456. The lowest BCUT2D eigenvalue weighted by Crippen LogP contribution is -2.19. The van der Waals surface area contributed by atoms with E-state index in [1.54, 1.807) is 0 Å². The topological polar surface area (TPSA) is 42.7 Å². The molecule has 1 unspecified atom stereocenters.